The Kier molecular flexibility index (Phi) is 5.28. The molecule has 3 N–H and O–H groups in total. The maximum atomic E-state index is 8.55. The molecule has 4 nitrogen and oxygen atoms in total. The summed E-state index contributed by atoms with van der Waals surface area (Å²) in [6.45, 7) is 2.36. The second-order valence-corrected chi connectivity index (χ2v) is 4.28. The Morgan fingerprint density at radius 1 is 1.62 bits per heavy atom. The van der Waals surface area contributed by atoms with Crippen molar-refractivity contribution in [1.29, 1.82) is 0 Å². The van der Waals surface area contributed by atoms with E-state index in [1.165, 1.54) is 0 Å². The van der Waals surface area contributed by atoms with Crippen molar-refractivity contribution < 1.29 is 9.94 Å². The van der Waals surface area contributed by atoms with Crippen LogP contribution in [0.15, 0.2) is 33.9 Å². The Labute approximate surface area is 103 Å². The minimum Gasteiger partial charge on any atom is -0.409 e. The molecule has 1 atom stereocenters. The van der Waals surface area contributed by atoms with Crippen LogP contribution in [0.25, 0.3) is 0 Å². The van der Waals surface area contributed by atoms with Gasteiger partial charge in [0.2, 0.25) is 0 Å². The minimum atomic E-state index is -0.344. The molecule has 0 amide bonds. The van der Waals surface area contributed by atoms with Gasteiger partial charge < -0.3 is 15.7 Å². The summed E-state index contributed by atoms with van der Waals surface area (Å²) in [6, 6.07) is 7.82. The first-order valence-electron chi connectivity index (χ1n) is 5.00. The van der Waals surface area contributed by atoms with Gasteiger partial charge in [-0.3, -0.25) is 0 Å². The molecule has 0 saturated carbocycles. The molecule has 0 heterocycles. The number of oxime groups is 1. The number of ether oxygens (including phenoxy) is 1. The molecule has 0 aromatic heterocycles. The van der Waals surface area contributed by atoms with Crippen LogP contribution in [0, 0.1) is 0 Å². The molecule has 0 radical (unpaired) electrons. The van der Waals surface area contributed by atoms with Crippen LogP contribution in [0.1, 0.15) is 18.9 Å². The molecule has 16 heavy (non-hydrogen) atoms. The second-order valence-electron chi connectivity index (χ2n) is 3.36. The molecule has 5 heteroatoms. The van der Waals surface area contributed by atoms with Crippen LogP contribution in [0.2, 0.25) is 0 Å². The lowest BCUT2D eigenvalue weighted by molar-refractivity contribution is 0.0788. The van der Waals surface area contributed by atoms with E-state index in [1.54, 1.807) is 0 Å². The Balaban J connectivity index is 2.56. The van der Waals surface area contributed by atoms with Crippen molar-refractivity contribution in [2.24, 2.45) is 10.9 Å². The summed E-state index contributed by atoms with van der Waals surface area (Å²) in [5.74, 6) is 0.109. The quantitative estimate of drug-likeness (QED) is 0.378. The van der Waals surface area contributed by atoms with Crippen LogP contribution in [0.4, 0.5) is 0 Å². The summed E-state index contributed by atoms with van der Waals surface area (Å²) in [7, 11) is 0. The first-order valence-corrected chi connectivity index (χ1v) is 5.80. The predicted octanol–water partition coefficient (Wildman–Crippen LogP) is 2.49. The van der Waals surface area contributed by atoms with Gasteiger partial charge in [0.05, 0.1) is 6.61 Å². The number of rotatable bonds is 5. The van der Waals surface area contributed by atoms with Gasteiger partial charge >= 0.3 is 0 Å². The Bertz CT molecular complexity index is 369. The fourth-order valence-electron chi connectivity index (χ4n) is 1.30. The number of amidine groups is 1. The van der Waals surface area contributed by atoms with Crippen LogP contribution in [-0.4, -0.2) is 17.1 Å². The summed E-state index contributed by atoms with van der Waals surface area (Å²) in [6.07, 6.45) is 0.327. The van der Waals surface area contributed by atoms with Gasteiger partial charge in [0.25, 0.3) is 0 Å². The molecule has 1 aromatic carbocycles. The van der Waals surface area contributed by atoms with E-state index in [1.807, 2.05) is 31.2 Å². The van der Waals surface area contributed by atoms with E-state index in [0.29, 0.717) is 13.0 Å². The van der Waals surface area contributed by atoms with Gasteiger partial charge in [-0.25, -0.2) is 0 Å². The maximum absolute atomic E-state index is 8.55. The van der Waals surface area contributed by atoms with E-state index >= 15 is 0 Å². The smallest absolute Gasteiger partial charge is 0.168 e. The molecule has 0 aliphatic rings. The standard InChI is InChI=1S/C11H15BrN2O2/c1-2-10(11(13)14-15)16-7-8-4-3-5-9(12)6-8/h3-6,10,15H,2,7H2,1H3,(H2,13,14). The van der Waals surface area contributed by atoms with Crippen molar-refractivity contribution in [2.45, 2.75) is 26.1 Å². The summed E-state index contributed by atoms with van der Waals surface area (Å²) in [4.78, 5) is 0. The molecular weight excluding hydrogens is 272 g/mol. The van der Waals surface area contributed by atoms with E-state index in [4.69, 9.17) is 15.7 Å². The Hall–Kier alpha value is -1.07. The number of halogens is 1. The summed E-state index contributed by atoms with van der Waals surface area (Å²) >= 11 is 3.38. The first kappa shape index (κ1) is 13.0. The van der Waals surface area contributed by atoms with Crippen LogP contribution < -0.4 is 5.73 Å². The average Bonchev–Trinajstić information content (AvgIpc) is 2.29. The van der Waals surface area contributed by atoms with Gasteiger partial charge in [-0.1, -0.05) is 40.1 Å². The third-order valence-electron chi connectivity index (χ3n) is 2.16. The molecular formula is C11H15BrN2O2. The molecule has 1 rings (SSSR count). The predicted molar refractivity (Wildman–Crippen MR) is 66.4 cm³/mol. The van der Waals surface area contributed by atoms with Crippen LogP contribution in [0.5, 0.6) is 0 Å². The molecule has 88 valence electrons. The van der Waals surface area contributed by atoms with Gasteiger partial charge in [-0.2, -0.15) is 0 Å². The SMILES string of the molecule is CCC(OCc1cccc(Br)c1)/C(N)=N/O. The topological polar surface area (TPSA) is 67.8 Å². The van der Waals surface area contributed by atoms with Crippen LogP contribution >= 0.6 is 15.9 Å². The highest BCUT2D eigenvalue weighted by molar-refractivity contribution is 9.10. The number of nitrogens with two attached hydrogens (primary N) is 1. The monoisotopic (exact) mass is 286 g/mol. The van der Waals surface area contributed by atoms with Gasteiger partial charge in [0, 0.05) is 4.47 Å². The highest BCUT2D eigenvalue weighted by Crippen LogP contribution is 2.13. The van der Waals surface area contributed by atoms with E-state index in [9.17, 15) is 0 Å². The van der Waals surface area contributed by atoms with Crippen molar-refractivity contribution >= 4 is 21.8 Å². The third-order valence-corrected chi connectivity index (χ3v) is 2.65. The fraction of sp³-hybridized carbons (Fsp3) is 0.364. The lowest BCUT2D eigenvalue weighted by Crippen LogP contribution is -2.30. The van der Waals surface area contributed by atoms with Gasteiger partial charge in [-0.15, -0.1) is 0 Å². The summed E-state index contributed by atoms with van der Waals surface area (Å²) < 4.78 is 6.55. The van der Waals surface area contributed by atoms with E-state index in [2.05, 4.69) is 21.1 Å². The van der Waals surface area contributed by atoms with E-state index in [-0.39, 0.29) is 11.9 Å². The molecule has 1 unspecified atom stereocenters. The zero-order valence-corrected chi connectivity index (χ0v) is 10.6. The largest absolute Gasteiger partial charge is 0.409 e. The molecule has 0 saturated heterocycles. The number of hydrogen-bond acceptors (Lipinski definition) is 3. The number of hydrogen-bond donors (Lipinski definition) is 2. The summed E-state index contributed by atoms with van der Waals surface area (Å²) in [5, 5.41) is 11.5. The van der Waals surface area contributed by atoms with Crippen molar-refractivity contribution in [1.82, 2.24) is 0 Å². The van der Waals surface area contributed by atoms with Gasteiger partial charge in [0.15, 0.2) is 5.84 Å². The fourth-order valence-corrected chi connectivity index (χ4v) is 1.75. The molecule has 0 spiro atoms. The Morgan fingerprint density at radius 2 is 2.38 bits per heavy atom. The zero-order valence-electron chi connectivity index (χ0n) is 9.06. The van der Waals surface area contributed by atoms with Crippen molar-refractivity contribution in [3.8, 4) is 0 Å². The van der Waals surface area contributed by atoms with Crippen molar-refractivity contribution in [3.05, 3.63) is 34.3 Å². The van der Waals surface area contributed by atoms with E-state index < -0.39 is 0 Å². The lowest BCUT2D eigenvalue weighted by atomic mass is 10.2. The van der Waals surface area contributed by atoms with Crippen molar-refractivity contribution in [3.63, 3.8) is 0 Å². The summed E-state index contributed by atoms with van der Waals surface area (Å²) in [5.41, 5.74) is 6.53. The highest BCUT2D eigenvalue weighted by atomic mass is 79.9. The maximum Gasteiger partial charge on any atom is 0.168 e. The lowest BCUT2D eigenvalue weighted by Gasteiger charge is -2.14. The molecule has 0 fully saturated rings. The minimum absolute atomic E-state index is 0.109. The van der Waals surface area contributed by atoms with Gasteiger partial charge in [-0.05, 0) is 24.1 Å². The number of nitrogens with zero attached hydrogens (tertiary/aromatic N) is 1. The van der Waals surface area contributed by atoms with Gasteiger partial charge in [0.1, 0.15) is 6.10 Å². The first-order chi connectivity index (χ1) is 7.67. The molecule has 1 aromatic rings. The normalized spacial score (nSPS) is 13.8. The molecule has 0 bridgehead atoms. The van der Waals surface area contributed by atoms with Crippen LogP contribution in [0.3, 0.4) is 0 Å². The molecule has 0 aliphatic carbocycles. The van der Waals surface area contributed by atoms with Crippen molar-refractivity contribution in [2.75, 3.05) is 0 Å². The van der Waals surface area contributed by atoms with Crippen LogP contribution in [-0.2, 0) is 11.3 Å². The Morgan fingerprint density at radius 3 is 2.94 bits per heavy atom. The molecule has 0 aliphatic heterocycles. The zero-order chi connectivity index (χ0) is 12.0. The second kappa shape index (κ2) is 6.50. The highest BCUT2D eigenvalue weighted by Gasteiger charge is 2.11. The van der Waals surface area contributed by atoms with E-state index in [0.717, 1.165) is 10.0 Å². The third kappa shape index (κ3) is 3.83. The average molecular weight is 287 g/mol. The number of benzene rings is 1.